The van der Waals surface area contributed by atoms with Crippen LogP contribution in [0.15, 0.2) is 72.9 Å². The van der Waals surface area contributed by atoms with E-state index in [-0.39, 0.29) is 31.1 Å². The van der Waals surface area contributed by atoms with Crippen LogP contribution in [0, 0.1) is 0 Å². The average molecular weight is 879 g/mol. The van der Waals surface area contributed by atoms with Crippen LogP contribution in [0.2, 0.25) is 0 Å². The molecular formula is C57H98O6. The Morgan fingerprint density at radius 2 is 0.635 bits per heavy atom. The molecule has 0 aliphatic carbocycles. The van der Waals surface area contributed by atoms with Crippen LogP contribution in [-0.4, -0.2) is 37.2 Å². The van der Waals surface area contributed by atoms with Crippen molar-refractivity contribution in [1.29, 1.82) is 0 Å². The summed E-state index contributed by atoms with van der Waals surface area (Å²) in [5.74, 6) is -0.934. The van der Waals surface area contributed by atoms with Crippen molar-refractivity contribution in [2.45, 2.75) is 258 Å². The number of allylic oxidation sites excluding steroid dienone is 12. The molecule has 0 spiro atoms. The highest BCUT2D eigenvalue weighted by molar-refractivity contribution is 5.71. The van der Waals surface area contributed by atoms with E-state index in [1.807, 2.05) is 0 Å². The standard InChI is InChI=1S/C57H98O6/c1-4-7-10-13-16-19-22-24-26-28-30-32-35-38-41-44-47-50-56(59)62-53-54(52-61-55(58)49-46-43-40-37-34-21-18-15-12-9-6-3)63-57(60)51-48-45-42-39-36-33-31-29-27-25-23-20-17-14-11-8-5-2/h15-21,24-27,34,54H,4-14,22-23,28-33,35-53H2,1-3H3/b18-15-,19-16-,20-17-,26-24-,27-25-,34-21-. The van der Waals surface area contributed by atoms with Gasteiger partial charge in [0, 0.05) is 19.3 Å². The van der Waals surface area contributed by atoms with Gasteiger partial charge in [-0.1, -0.05) is 203 Å². The first-order valence-corrected chi connectivity index (χ1v) is 26.5. The van der Waals surface area contributed by atoms with Gasteiger partial charge in [0.05, 0.1) is 0 Å². The van der Waals surface area contributed by atoms with E-state index in [9.17, 15) is 14.4 Å². The van der Waals surface area contributed by atoms with Gasteiger partial charge < -0.3 is 14.2 Å². The predicted octanol–water partition coefficient (Wildman–Crippen LogP) is 17.4. The van der Waals surface area contributed by atoms with Gasteiger partial charge in [-0.25, -0.2) is 0 Å². The zero-order chi connectivity index (χ0) is 45.8. The van der Waals surface area contributed by atoms with E-state index >= 15 is 0 Å². The molecule has 0 aromatic rings. The maximum atomic E-state index is 12.8. The number of hydrogen-bond donors (Lipinski definition) is 0. The second kappa shape index (κ2) is 51.5. The van der Waals surface area contributed by atoms with Crippen molar-refractivity contribution in [3.8, 4) is 0 Å². The Kier molecular flexibility index (Phi) is 48.9. The number of ether oxygens (including phenoxy) is 3. The largest absolute Gasteiger partial charge is 0.462 e. The fourth-order valence-electron chi connectivity index (χ4n) is 7.13. The zero-order valence-corrected chi connectivity index (χ0v) is 41.3. The average Bonchev–Trinajstić information content (AvgIpc) is 3.28. The second-order valence-electron chi connectivity index (χ2n) is 17.5. The van der Waals surface area contributed by atoms with Gasteiger partial charge in [0.1, 0.15) is 13.2 Å². The van der Waals surface area contributed by atoms with Gasteiger partial charge in [-0.2, -0.15) is 0 Å². The maximum absolute atomic E-state index is 12.8. The van der Waals surface area contributed by atoms with E-state index in [0.29, 0.717) is 19.3 Å². The quantitative estimate of drug-likeness (QED) is 0.0199. The minimum Gasteiger partial charge on any atom is -0.462 e. The van der Waals surface area contributed by atoms with Crippen LogP contribution in [0.5, 0.6) is 0 Å². The van der Waals surface area contributed by atoms with E-state index in [2.05, 4.69) is 93.7 Å². The third-order valence-corrected chi connectivity index (χ3v) is 11.2. The molecule has 0 saturated carbocycles. The van der Waals surface area contributed by atoms with Crippen LogP contribution < -0.4 is 0 Å². The summed E-state index contributed by atoms with van der Waals surface area (Å²) in [6, 6.07) is 0. The number of carbonyl (C=O) groups is 3. The molecule has 0 aromatic carbocycles. The van der Waals surface area contributed by atoms with Crippen molar-refractivity contribution in [3.05, 3.63) is 72.9 Å². The van der Waals surface area contributed by atoms with Crippen molar-refractivity contribution in [2.24, 2.45) is 0 Å². The molecule has 0 saturated heterocycles. The highest BCUT2D eigenvalue weighted by Crippen LogP contribution is 2.14. The van der Waals surface area contributed by atoms with Gasteiger partial charge >= 0.3 is 17.9 Å². The van der Waals surface area contributed by atoms with E-state index in [0.717, 1.165) is 96.3 Å². The Bertz CT molecular complexity index is 1190. The van der Waals surface area contributed by atoms with Gasteiger partial charge in [-0.15, -0.1) is 0 Å². The molecule has 0 aliphatic heterocycles. The molecule has 0 N–H and O–H groups in total. The molecule has 6 heteroatoms. The lowest BCUT2D eigenvalue weighted by Crippen LogP contribution is -2.30. The van der Waals surface area contributed by atoms with E-state index in [4.69, 9.17) is 14.2 Å². The Hall–Kier alpha value is -3.15. The molecule has 0 fully saturated rings. The zero-order valence-electron chi connectivity index (χ0n) is 41.3. The minimum atomic E-state index is -0.793. The third-order valence-electron chi connectivity index (χ3n) is 11.2. The molecule has 362 valence electrons. The molecule has 1 unspecified atom stereocenters. The Morgan fingerprint density at radius 1 is 0.333 bits per heavy atom. The monoisotopic (exact) mass is 879 g/mol. The molecule has 63 heavy (non-hydrogen) atoms. The first-order chi connectivity index (χ1) is 31.0. The van der Waals surface area contributed by atoms with E-state index in [1.54, 1.807) is 0 Å². The first-order valence-electron chi connectivity index (χ1n) is 26.5. The van der Waals surface area contributed by atoms with Crippen LogP contribution >= 0.6 is 0 Å². The van der Waals surface area contributed by atoms with Gasteiger partial charge in [0.15, 0.2) is 6.10 Å². The van der Waals surface area contributed by atoms with Crippen LogP contribution in [-0.2, 0) is 28.6 Å². The lowest BCUT2D eigenvalue weighted by Gasteiger charge is -2.18. The number of esters is 3. The van der Waals surface area contributed by atoms with E-state index in [1.165, 1.54) is 116 Å². The maximum Gasteiger partial charge on any atom is 0.306 e. The summed E-state index contributed by atoms with van der Waals surface area (Å²) < 4.78 is 16.8. The van der Waals surface area contributed by atoms with Crippen LogP contribution in [0.3, 0.4) is 0 Å². The molecule has 1 atom stereocenters. The normalized spacial score (nSPS) is 12.6. The molecule has 0 aliphatic rings. The van der Waals surface area contributed by atoms with Gasteiger partial charge in [-0.3, -0.25) is 14.4 Å². The summed E-state index contributed by atoms with van der Waals surface area (Å²) in [7, 11) is 0. The van der Waals surface area contributed by atoms with Crippen LogP contribution in [0.25, 0.3) is 0 Å². The fraction of sp³-hybridized carbons (Fsp3) is 0.737. The van der Waals surface area contributed by atoms with Crippen LogP contribution in [0.1, 0.15) is 252 Å². The number of carbonyl (C=O) groups excluding carboxylic acids is 3. The molecular weight excluding hydrogens is 781 g/mol. The first kappa shape index (κ1) is 59.9. The highest BCUT2D eigenvalue weighted by Gasteiger charge is 2.19. The molecule has 0 rings (SSSR count). The number of hydrogen-bond acceptors (Lipinski definition) is 6. The SMILES string of the molecule is CCCC/C=C\C=C/CCCCCC(=O)OCC(COC(=O)CCCCCCCCC/C=C\C/C=C\CCCCC)OC(=O)CCCCCCCCC/C=C\C/C=C\CCCCC. The smallest absolute Gasteiger partial charge is 0.306 e. The molecule has 0 amide bonds. The molecule has 0 radical (unpaired) electrons. The van der Waals surface area contributed by atoms with E-state index < -0.39 is 6.10 Å². The van der Waals surface area contributed by atoms with Crippen LogP contribution in [0.4, 0.5) is 0 Å². The molecule has 6 nitrogen and oxygen atoms in total. The van der Waals surface area contributed by atoms with Gasteiger partial charge in [0.2, 0.25) is 0 Å². The molecule has 0 aromatic heterocycles. The summed E-state index contributed by atoms with van der Waals surface area (Å²) in [5.41, 5.74) is 0. The van der Waals surface area contributed by atoms with Crippen molar-refractivity contribution in [3.63, 3.8) is 0 Å². The van der Waals surface area contributed by atoms with Crippen molar-refractivity contribution in [1.82, 2.24) is 0 Å². The van der Waals surface area contributed by atoms with Gasteiger partial charge in [0.25, 0.3) is 0 Å². The van der Waals surface area contributed by atoms with Crippen molar-refractivity contribution < 1.29 is 28.6 Å². The topological polar surface area (TPSA) is 78.9 Å². The third kappa shape index (κ3) is 49.7. The lowest BCUT2D eigenvalue weighted by atomic mass is 10.1. The minimum absolute atomic E-state index is 0.0916. The Morgan fingerprint density at radius 3 is 1.03 bits per heavy atom. The summed E-state index contributed by atoms with van der Waals surface area (Å²) in [5, 5.41) is 0. The number of unbranched alkanes of at least 4 members (excludes halogenated alkanes) is 25. The Balaban J connectivity index is 4.41. The van der Waals surface area contributed by atoms with Gasteiger partial charge in [-0.05, 0) is 103 Å². The summed E-state index contributed by atoms with van der Waals surface area (Å²) in [6.45, 7) is 6.50. The molecule has 0 heterocycles. The summed E-state index contributed by atoms with van der Waals surface area (Å²) >= 11 is 0. The fourth-order valence-corrected chi connectivity index (χ4v) is 7.13. The summed E-state index contributed by atoms with van der Waals surface area (Å²) in [6.07, 6.45) is 64.5. The van der Waals surface area contributed by atoms with Crippen molar-refractivity contribution >= 4 is 17.9 Å². The second-order valence-corrected chi connectivity index (χ2v) is 17.5. The predicted molar refractivity (Wildman–Crippen MR) is 270 cm³/mol. The Labute approximate surface area is 389 Å². The summed E-state index contributed by atoms with van der Waals surface area (Å²) in [4.78, 5) is 38.0. The van der Waals surface area contributed by atoms with Crippen molar-refractivity contribution in [2.75, 3.05) is 13.2 Å². The number of rotatable bonds is 47. The lowest BCUT2D eigenvalue weighted by molar-refractivity contribution is -0.167. The molecule has 0 bridgehead atoms. The highest BCUT2D eigenvalue weighted by atomic mass is 16.6.